The Bertz CT molecular complexity index is 769. The summed E-state index contributed by atoms with van der Waals surface area (Å²) in [6.07, 6.45) is 4.62. The highest BCUT2D eigenvalue weighted by atomic mass is 35.5. The van der Waals surface area contributed by atoms with Crippen LogP contribution in [-0.2, 0) is 11.3 Å². The van der Waals surface area contributed by atoms with E-state index in [9.17, 15) is 0 Å². The molecule has 0 aromatic carbocycles. The number of fused-ring (bicyclic) bond motifs is 3. The number of hydrogen-bond acceptors (Lipinski definition) is 4. The van der Waals surface area contributed by atoms with E-state index >= 15 is 0 Å². The maximum atomic E-state index is 6.26. The number of ether oxygens (including phenoxy) is 1. The molecule has 5 nitrogen and oxygen atoms in total. The van der Waals surface area contributed by atoms with Gasteiger partial charge in [-0.1, -0.05) is 0 Å². The lowest BCUT2D eigenvalue weighted by atomic mass is 10.3. The van der Waals surface area contributed by atoms with Gasteiger partial charge in [-0.2, -0.15) is 0 Å². The molecule has 3 aromatic heterocycles. The van der Waals surface area contributed by atoms with Crippen LogP contribution in [-0.4, -0.2) is 32.2 Å². The standard InChI is InChI=1S/C15H17ClN4O/c1-10(2)21-8-4-7-20-14-12(19-15(20)16)9-18-11-5-3-6-17-13(11)14/h3,5-6,9-10H,4,7-8H2,1-2H3. The number of hydrogen-bond donors (Lipinski definition) is 0. The zero-order valence-electron chi connectivity index (χ0n) is 12.1. The van der Waals surface area contributed by atoms with E-state index in [-0.39, 0.29) is 6.10 Å². The van der Waals surface area contributed by atoms with Gasteiger partial charge in [-0.15, -0.1) is 0 Å². The molecule has 110 valence electrons. The van der Waals surface area contributed by atoms with Crippen molar-refractivity contribution >= 4 is 33.7 Å². The minimum Gasteiger partial charge on any atom is -0.379 e. The highest BCUT2D eigenvalue weighted by Crippen LogP contribution is 2.25. The number of halogens is 1. The molecule has 0 aliphatic heterocycles. The molecule has 3 heterocycles. The van der Waals surface area contributed by atoms with Crippen LogP contribution in [0.25, 0.3) is 22.1 Å². The van der Waals surface area contributed by atoms with E-state index in [1.54, 1.807) is 12.4 Å². The van der Waals surface area contributed by atoms with Gasteiger partial charge < -0.3 is 9.30 Å². The molecule has 0 aliphatic carbocycles. The minimum atomic E-state index is 0.242. The zero-order valence-corrected chi connectivity index (χ0v) is 12.8. The average Bonchev–Trinajstić information content (AvgIpc) is 2.79. The summed E-state index contributed by atoms with van der Waals surface area (Å²) >= 11 is 6.26. The largest absolute Gasteiger partial charge is 0.379 e. The van der Waals surface area contributed by atoms with Crippen molar-refractivity contribution in [3.63, 3.8) is 0 Å². The predicted molar refractivity (Wildman–Crippen MR) is 83.5 cm³/mol. The molecule has 0 amide bonds. The van der Waals surface area contributed by atoms with E-state index in [4.69, 9.17) is 16.3 Å². The molecule has 3 rings (SSSR count). The van der Waals surface area contributed by atoms with Crippen molar-refractivity contribution < 1.29 is 4.74 Å². The van der Waals surface area contributed by atoms with Crippen LogP contribution in [0.1, 0.15) is 20.3 Å². The third-order valence-corrected chi connectivity index (χ3v) is 3.55. The van der Waals surface area contributed by atoms with E-state index in [0.29, 0.717) is 11.9 Å². The first-order chi connectivity index (χ1) is 10.2. The maximum Gasteiger partial charge on any atom is 0.203 e. The Morgan fingerprint density at radius 3 is 2.95 bits per heavy atom. The van der Waals surface area contributed by atoms with Gasteiger partial charge in [-0.3, -0.25) is 9.97 Å². The van der Waals surface area contributed by atoms with Crippen LogP contribution in [0.3, 0.4) is 0 Å². The van der Waals surface area contributed by atoms with E-state index in [2.05, 4.69) is 15.0 Å². The van der Waals surface area contributed by atoms with Crippen LogP contribution in [0.15, 0.2) is 24.5 Å². The summed E-state index contributed by atoms with van der Waals surface area (Å²) in [5.41, 5.74) is 3.39. The second-order valence-electron chi connectivity index (χ2n) is 5.17. The number of aryl methyl sites for hydroxylation is 1. The van der Waals surface area contributed by atoms with Crippen LogP contribution >= 0.6 is 11.6 Å². The summed E-state index contributed by atoms with van der Waals surface area (Å²) in [5.74, 6) is 0. The van der Waals surface area contributed by atoms with Crippen LogP contribution in [0, 0.1) is 0 Å². The SMILES string of the molecule is CC(C)OCCCn1c(Cl)nc2cnc3cccnc3c21. The Kier molecular flexibility index (Phi) is 4.03. The van der Waals surface area contributed by atoms with Gasteiger partial charge in [0.15, 0.2) is 0 Å². The smallest absolute Gasteiger partial charge is 0.203 e. The second kappa shape index (κ2) is 5.95. The number of imidazole rings is 1. The van der Waals surface area contributed by atoms with Gasteiger partial charge in [-0.05, 0) is 44.0 Å². The molecule has 3 aromatic rings. The normalized spacial score (nSPS) is 11.8. The van der Waals surface area contributed by atoms with Crippen molar-refractivity contribution in [2.24, 2.45) is 0 Å². The summed E-state index contributed by atoms with van der Waals surface area (Å²) in [4.78, 5) is 13.2. The van der Waals surface area contributed by atoms with Crippen molar-refractivity contribution in [3.05, 3.63) is 29.8 Å². The Morgan fingerprint density at radius 2 is 2.14 bits per heavy atom. The van der Waals surface area contributed by atoms with Crippen LogP contribution < -0.4 is 0 Å². The summed E-state index contributed by atoms with van der Waals surface area (Å²) < 4.78 is 7.56. The fourth-order valence-corrected chi connectivity index (χ4v) is 2.60. The molecule has 0 aliphatic rings. The molecule has 0 N–H and O–H groups in total. The lowest BCUT2D eigenvalue weighted by Crippen LogP contribution is -2.07. The summed E-state index contributed by atoms with van der Waals surface area (Å²) in [5, 5.41) is 0.467. The molecule has 0 unspecified atom stereocenters. The quantitative estimate of drug-likeness (QED) is 0.677. The maximum absolute atomic E-state index is 6.26. The summed E-state index contributed by atoms with van der Waals surface area (Å²) in [7, 11) is 0. The highest BCUT2D eigenvalue weighted by Gasteiger charge is 2.13. The lowest BCUT2D eigenvalue weighted by Gasteiger charge is -2.09. The summed E-state index contributed by atoms with van der Waals surface area (Å²) in [6, 6.07) is 3.81. The molecule has 0 saturated carbocycles. The predicted octanol–water partition coefficient (Wildman–Crippen LogP) is 3.45. The van der Waals surface area contributed by atoms with Crippen LogP contribution in [0.4, 0.5) is 0 Å². The number of aromatic nitrogens is 4. The molecule has 0 spiro atoms. The van der Waals surface area contributed by atoms with Gasteiger partial charge in [0, 0.05) is 19.3 Å². The Labute approximate surface area is 127 Å². The molecule has 6 heteroatoms. The van der Waals surface area contributed by atoms with Crippen LogP contribution in [0.5, 0.6) is 0 Å². The van der Waals surface area contributed by atoms with Crippen molar-refractivity contribution in [2.75, 3.05) is 6.61 Å². The van der Waals surface area contributed by atoms with Gasteiger partial charge >= 0.3 is 0 Å². The van der Waals surface area contributed by atoms with Gasteiger partial charge in [0.1, 0.15) is 11.0 Å². The number of rotatable bonds is 5. The number of pyridine rings is 2. The van der Waals surface area contributed by atoms with Gasteiger partial charge in [0.2, 0.25) is 5.28 Å². The third kappa shape index (κ3) is 2.84. The fourth-order valence-electron chi connectivity index (χ4n) is 2.34. The van der Waals surface area contributed by atoms with E-state index < -0.39 is 0 Å². The molecule has 0 radical (unpaired) electrons. The zero-order chi connectivity index (χ0) is 14.8. The second-order valence-corrected chi connectivity index (χ2v) is 5.51. The van der Waals surface area contributed by atoms with Crippen LogP contribution in [0.2, 0.25) is 5.28 Å². The van der Waals surface area contributed by atoms with Crippen molar-refractivity contribution in [3.8, 4) is 0 Å². The monoisotopic (exact) mass is 304 g/mol. The molecule has 21 heavy (non-hydrogen) atoms. The average molecular weight is 305 g/mol. The van der Waals surface area contributed by atoms with E-state index in [1.165, 1.54) is 0 Å². The fraction of sp³-hybridized carbons (Fsp3) is 0.400. The van der Waals surface area contributed by atoms with Gasteiger partial charge in [-0.25, -0.2) is 4.98 Å². The van der Waals surface area contributed by atoms with E-state index in [0.717, 1.165) is 35.0 Å². The van der Waals surface area contributed by atoms with Gasteiger partial charge in [0.25, 0.3) is 0 Å². The number of nitrogens with zero attached hydrogens (tertiary/aromatic N) is 4. The molecule has 0 fully saturated rings. The van der Waals surface area contributed by atoms with Crippen molar-refractivity contribution in [2.45, 2.75) is 32.9 Å². The first-order valence-electron chi connectivity index (χ1n) is 7.04. The molecular weight excluding hydrogens is 288 g/mol. The van der Waals surface area contributed by atoms with Crippen molar-refractivity contribution in [1.29, 1.82) is 0 Å². The van der Waals surface area contributed by atoms with Crippen molar-refractivity contribution in [1.82, 2.24) is 19.5 Å². The van der Waals surface area contributed by atoms with E-state index in [1.807, 2.05) is 30.5 Å². The molecule has 0 atom stereocenters. The first kappa shape index (κ1) is 14.2. The summed E-state index contributed by atoms with van der Waals surface area (Å²) in [6.45, 7) is 5.51. The third-order valence-electron chi connectivity index (χ3n) is 3.26. The topological polar surface area (TPSA) is 52.8 Å². The minimum absolute atomic E-state index is 0.242. The molecule has 0 bridgehead atoms. The molecule has 0 saturated heterocycles. The Balaban J connectivity index is 1.97. The Hall–Kier alpha value is -1.72. The highest BCUT2D eigenvalue weighted by molar-refractivity contribution is 6.29. The lowest BCUT2D eigenvalue weighted by molar-refractivity contribution is 0.0750. The molecular formula is C15H17ClN4O. The first-order valence-corrected chi connectivity index (χ1v) is 7.41. The van der Waals surface area contributed by atoms with Gasteiger partial charge in [0.05, 0.1) is 23.3 Å². The Morgan fingerprint density at radius 1 is 1.29 bits per heavy atom.